The molecule has 0 bridgehead atoms. The molecule has 0 saturated carbocycles. The molecule has 0 N–H and O–H groups in total. The first-order valence-electron chi connectivity index (χ1n) is 34.7. The van der Waals surface area contributed by atoms with Gasteiger partial charge in [0.05, 0.1) is 0 Å². The highest BCUT2D eigenvalue weighted by molar-refractivity contribution is 5.71. The lowest BCUT2D eigenvalue weighted by Crippen LogP contribution is -2.30. The summed E-state index contributed by atoms with van der Waals surface area (Å²) in [4.78, 5) is 38.4. The molecule has 0 spiro atoms. The number of unbranched alkanes of at least 4 members (excludes halogenated alkanes) is 36. The second-order valence-electron chi connectivity index (χ2n) is 23.1. The fraction of sp³-hybridized carbons (Fsp3) is 0.747. The van der Waals surface area contributed by atoms with Crippen molar-refractivity contribution in [2.24, 2.45) is 0 Å². The number of hydrogen-bond acceptors (Lipinski definition) is 6. The quantitative estimate of drug-likeness (QED) is 0.0261. The average Bonchev–Trinajstić information content (AvgIpc) is 3.47. The molecule has 466 valence electrons. The van der Waals surface area contributed by atoms with Gasteiger partial charge < -0.3 is 14.2 Å². The molecule has 81 heavy (non-hydrogen) atoms. The van der Waals surface area contributed by atoms with Crippen LogP contribution in [0, 0.1) is 0 Å². The van der Waals surface area contributed by atoms with E-state index in [9.17, 15) is 14.4 Å². The largest absolute Gasteiger partial charge is 0.462 e. The minimum atomic E-state index is -0.786. The zero-order chi connectivity index (χ0) is 58.5. The van der Waals surface area contributed by atoms with Crippen LogP contribution in [0.1, 0.15) is 342 Å². The van der Waals surface area contributed by atoms with E-state index in [0.717, 1.165) is 109 Å². The Morgan fingerprint density at radius 2 is 0.481 bits per heavy atom. The highest BCUT2D eigenvalue weighted by Crippen LogP contribution is 2.17. The van der Waals surface area contributed by atoms with Gasteiger partial charge in [0.2, 0.25) is 0 Å². The Bertz CT molecular complexity index is 1580. The van der Waals surface area contributed by atoms with Crippen LogP contribution in [0.3, 0.4) is 0 Å². The lowest BCUT2D eigenvalue weighted by atomic mass is 10.0. The first-order chi connectivity index (χ1) is 40.0. The summed E-state index contributed by atoms with van der Waals surface area (Å²) in [6.07, 6.45) is 92.8. The molecule has 0 heterocycles. The minimum Gasteiger partial charge on any atom is -0.462 e. The zero-order valence-corrected chi connectivity index (χ0v) is 53.5. The van der Waals surface area contributed by atoms with E-state index in [2.05, 4.69) is 118 Å². The van der Waals surface area contributed by atoms with Crippen molar-refractivity contribution >= 4 is 17.9 Å². The zero-order valence-electron chi connectivity index (χ0n) is 53.5. The van der Waals surface area contributed by atoms with Crippen LogP contribution in [0.5, 0.6) is 0 Å². The van der Waals surface area contributed by atoms with Gasteiger partial charge in [0.15, 0.2) is 6.10 Å². The van der Waals surface area contributed by atoms with Crippen LogP contribution in [-0.4, -0.2) is 37.2 Å². The molecule has 0 fully saturated rings. The van der Waals surface area contributed by atoms with Gasteiger partial charge in [0.1, 0.15) is 13.2 Å². The summed E-state index contributed by atoms with van der Waals surface area (Å²) in [6.45, 7) is 6.52. The predicted molar refractivity (Wildman–Crippen MR) is 353 cm³/mol. The van der Waals surface area contributed by atoms with Crippen molar-refractivity contribution in [3.8, 4) is 0 Å². The molecule has 0 aliphatic rings. The van der Waals surface area contributed by atoms with Gasteiger partial charge in [-0.2, -0.15) is 0 Å². The smallest absolute Gasteiger partial charge is 0.306 e. The second-order valence-corrected chi connectivity index (χ2v) is 23.1. The topological polar surface area (TPSA) is 78.9 Å². The van der Waals surface area contributed by atoms with E-state index in [4.69, 9.17) is 14.2 Å². The van der Waals surface area contributed by atoms with Gasteiger partial charge in [-0.3, -0.25) is 14.4 Å². The molecule has 0 rings (SSSR count). The van der Waals surface area contributed by atoms with Crippen molar-refractivity contribution in [3.05, 3.63) is 97.2 Å². The van der Waals surface area contributed by atoms with E-state index in [-0.39, 0.29) is 31.1 Å². The van der Waals surface area contributed by atoms with E-state index in [1.54, 1.807) is 0 Å². The Balaban J connectivity index is 4.29. The summed E-state index contributed by atoms with van der Waals surface area (Å²) in [6, 6.07) is 0. The maximum Gasteiger partial charge on any atom is 0.306 e. The van der Waals surface area contributed by atoms with Crippen LogP contribution in [-0.2, 0) is 28.6 Å². The van der Waals surface area contributed by atoms with Gasteiger partial charge >= 0.3 is 17.9 Å². The molecule has 0 saturated heterocycles. The molecule has 0 aliphatic carbocycles. The number of ether oxygens (including phenoxy) is 3. The summed E-state index contributed by atoms with van der Waals surface area (Å²) in [5, 5.41) is 0. The first-order valence-corrected chi connectivity index (χ1v) is 34.7. The third kappa shape index (κ3) is 67.0. The maximum atomic E-state index is 12.9. The number of hydrogen-bond donors (Lipinski definition) is 0. The summed E-state index contributed by atoms with van der Waals surface area (Å²) >= 11 is 0. The summed E-state index contributed by atoms with van der Waals surface area (Å²) in [5.74, 6) is -0.883. The lowest BCUT2D eigenvalue weighted by Gasteiger charge is -2.18. The van der Waals surface area contributed by atoms with Gasteiger partial charge in [-0.15, -0.1) is 0 Å². The molecule has 6 nitrogen and oxygen atoms in total. The van der Waals surface area contributed by atoms with E-state index in [1.807, 2.05) is 0 Å². The molecule has 0 aliphatic heterocycles. The van der Waals surface area contributed by atoms with E-state index in [0.29, 0.717) is 19.3 Å². The van der Waals surface area contributed by atoms with Gasteiger partial charge in [-0.05, 0) is 122 Å². The number of esters is 3. The van der Waals surface area contributed by atoms with Gasteiger partial charge in [0, 0.05) is 19.3 Å². The Morgan fingerprint density at radius 3 is 0.790 bits per heavy atom. The number of carbonyl (C=O) groups is 3. The first kappa shape index (κ1) is 77.3. The SMILES string of the molecule is CC/C=C\C/C=C\C/C=C\C/C=C\C/C=C\CCCCCCCCCCCCCCCC(=O)OCC(COC(=O)CCCCCCC/C=C\C/C=C\CCCCC)OC(=O)CCCCCCCCCCC/C=C\CCCCCCCC. The second kappa shape index (κ2) is 68.8. The monoisotopic (exact) mass is 1130 g/mol. The number of carbonyl (C=O) groups excluding carboxylic acids is 3. The molecule has 1 unspecified atom stereocenters. The van der Waals surface area contributed by atoms with Gasteiger partial charge in [0.25, 0.3) is 0 Å². The van der Waals surface area contributed by atoms with Crippen molar-refractivity contribution in [1.29, 1.82) is 0 Å². The van der Waals surface area contributed by atoms with Crippen molar-refractivity contribution in [2.45, 2.75) is 348 Å². The molecule has 1 atom stereocenters. The van der Waals surface area contributed by atoms with Crippen LogP contribution >= 0.6 is 0 Å². The average molecular weight is 1130 g/mol. The molecular formula is C75H130O6. The molecule has 0 amide bonds. The van der Waals surface area contributed by atoms with Crippen molar-refractivity contribution in [3.63, 3.8) is 0 Å². The van der Waals surface area contributed by atoms with E-state index >= 15 is 0 Å². The van der Waals surface area contributed by atoms with Crippen LogP contribution in [0.2, 0.25) is 0 Å². The molecule has 6 heteroatoms. The Kier molecular flexibility index (Phi) is 65.7. The van der Waals surface area contributed by atoms with E-state index < -0.39 is 6.10 Å². The van der Waals surface area contributed by atoms with Crippen molar-refractivity contribution < 1.29 is 28.6 Å². The Hall–Kier alpha value is -3.67. The van der Waals surface area contributed by atoms with Gasteiger partial charge in [-0.25, -0.2) is 0 Å². The van der Waals surface area contributed by atoms with Crippen molar-refractivity contribution in [1.82, 2.24) is 0 Å². The van der Waals surface area contributed by atoms with Crippen LogP contribution in [0.4, 0.5) is 0 Å². The standard InChI is InChI=1S/C75H130O6/c1-4-7-10-13-16-19-22-25-28-30-32-33-34-35-36-37-38-39-40-41-43-44-47-50-53-56-59-62-65-68-74(77)80-71-72(70-79-73(76)67-64-61-58-55-52-49-46-27-24-21-18-15-12-9-6-3)81-75(78)69-66-63-60-57-54-51-48-45-42-31-29-26-23-20-17-14-11-8-5-2/h7,10,16,18-19,21,25-29,32-33,35-36,46,72H,4-6,8-9,11-15,17,20,22-24,30-31,34,37-45,47-71H2,1-3H3/b10-7-,19-16-,21-18-,28-25-,29-26-,33-32-,36-35-,46-27-. The third-order valence-corrected chi connectivity index (χ3v) is 15.0. The molecule has 0 radical (unpaired) electrons. The molecule has 0 aromatic rings. The third-order valence-electron chi connectivity index (χ3n) is 15.0. The molecule has 0 aromatic heterocycles. The Morgan fingerprint density at radius 1 is 0.259 bits per heavy atom. The number of rotatable bonds is 63. The fourth-order valence-corrected chi connectivity index (χ4v) is 9.85. The maximum absolute atomic E-state index is 12.9. The normalized spacial score (nSPS) is 12.7. The lowest BCUT2D eigenvalue weighted by molar-refractivity contribution is -0.167. The summed E-state index contributed by atoms with van der Waals surface area (Å²) < 4.78 is 17.0. The summed E-state index contributed by atoms with van der Waals surface area (Å²) in [7, 11) is 0. The Labute approximate surface area is 502 Å². The minimum absolute atomic E-state index is 0.0812. The van der Waals surface area contributed by atoms with Gasteiger partial charge in [-0.1, -0.05) is 298 Å². The van der Waals surface area contributed by atoms with Crippen LogP contribution in [0.15, 0.2) is 97.2 Å². The summed E-state index contributed by atoms with van der Waals surface area (Å²) in [5.41, 5.74) is 0. The van der Waals surface area contributed by atoms with Crippen LogP contribution < -0.4 is 0 Å². The fourth-order valence-electron chi connectivity index (χ4n) is 9.85. The predicted octanol–water partition coefficient (Wildman–Crippen LogP) is 24.0. The highest BCUT2D eigenvalue weighted by atomic mass is 16.6. The number of allylic oxidation sites excluding steroid dienone is 16. The van der Waals surface area contributed by atoms with Crippen LogP contribution in [0.25, 0.3) is 0 Å². The highest BCUT2D eigenvalue weighted by Gasteiger charge is 2.19. The molecular weight excluding hydrogens is 997 g/mol. The molecule has 0 aromatic carbocycles. The van der Waals surface area contributed by atoms with Crippen molar-refractivity contribution in [2.75, 3.05) is 13.2 Å². The van der Waals surface area contributed by atoms with E-state index in [1.165, 1.54) is 193 Å².